The van der Waals surface area contributed by atoms with Crippen molar-refractivity contribution >= 4 is 11.9 Å². The first kappa shape index (κ1) is 15.0. The topological polar surface area (TPSA) is 64.6 Å². The molecule has 1 N–H and O–H groups in total. The van der Waals surface area contributed by atoms with Crippen LogP contribution in [-0.4, -0.2) is 32.1 Å². The highest BCUT2D eigenvalue weighted by atomic mass is 16.5. The van der Waals surface area contributed by atoms with E-state index in [0.717, 1.165) is 16.9 Å². The van der Waals surface area contributed by atoms with Gasteiger partial charge in [-0.2, -0.15) is 0 Å². The lowest BCUT2D eigenvalue weighted by molar-refractivity contribution is -0.141. The average molecular weight is 265 g/mol. The van der Waals surface area contributed by atoms with Gasteiger partial charge in [0.15, 0.2) is 0 Å². The van der Waals surface area contributed by atoms with Crippen LogP contribution in [0.15, 0.2) is 18.2 Å². The van der Waals surface area contributed by atoms with E-state index in [2.05, 4.69) is 10.1 Å². The first-order chi connectivity index (χ1) is 9.02. The Morgan fingerprint density at radius 2 is 2.00 bits per heavy atom. The van der Waals surface area contributed by atoms with Crippen LogP contribution < -0.4 is 10.1 Å². The van der Waals surface area contributed by atoms with E-state index in [1.54, 1.807) is 0 Å². The molecule has 0 aliphatic rings. The monoisotopic (exact) mass is 265 g/mol. The maximum atomic E-state index is 11.4. The predicted molar refractivity (Wildman–Crippen MR) is 71.1 cm³/mol. The van der Waals surface area contributed by atoms with E-state index in [4.69, 9.17) is 4.74 Å². The molecule has 0 aliphatic heterocycles. The molecular formula is C14H19NO4. The number of carbonyl (C=O) groups excluding carboxylic acids is 2. The van der Waals surface area contributed by atoms with Gasteiger partial charge in [0.1, 0.15) is 12.3 Å². The number of carbonyl (C=O) groups is 2. The number of hydrogen-bond donors (Lipinski definition) is 1. The lowest BCUT2D eigenvalue weighted by Crippen LogP contribution is -2.31. The summed E-state index contributed by atoms with van der Waals surface area (Å²) in [5.74, 6) is 0.0697. The average Bonchev–Trinajstić information content (AvgIpc) is 2.40. The fourth-order valence-corrected chi connectivity index (χ4v) is 1.45. The summed E-state index contributed by atoms with van der Waals surface area (Å²) >= 11 is 0. The Morgan fingerprint density at radius 3 is 2.68 bits per heavy atom. The van der Waals surface area contributed by atoms with Crippen LogP contribution in [0.4, 0.5) is 0 Å². The largest absolute Gasteiger partial charge is 0.493 e. The first-order valence-corrected chi connectivity index (χ1v) is 6.06. The van der Waals surface area contributed by atoms with E-state index in [-0.39, 0.29) is 25.5 Å². The van der Waals surface area contributed by atoms with Crippen molar-refractivity contribution in [3.63, 3.8) is 0 Å². The Hall–Kier alpha value is -2.04. The van der Waals surface area contributed by atoms with Crippen LogP contribution in [-0.2, 0) is 14.3 Å². The van der Waals surface area contributed by atoms with E-state index in [9.17, 15) is 9.59 Å². The maximum absolute atomic E-state index is 11.4. The van der Waals surface area contributed by atoms with Crippen molar-refractivity contribution in [1.29, 1.82) is 0 Å². The molecule has 0 saturated carbocycles. The second kappa shape index (κ2) is 7.41. The van der Waals surface area contributed by atoms with Gasteiger partial charge in [-0.25, -0.2) is 0 Å². The molecule has 0 radical (unpaired) electrons. The van der Waals surface area contributed by atoms with Gasteiger partial charge in [0.25, 0.3) is 0 Å². The summed E-state index contributed by atoms with van der Waals surface area (Å²) in [7, 11) is 1.28. The number of rotatable bonds is 6. The number of nitrogens with one attached hydrogen (secondary N) is 1. The highest BCUT2D eigenvalue weighted by Crippen LogP contribution is 2.19. The van der Waals surface area contributed by atoms with Crippen LogP contribution in [0.25, 0.3) is 0 Å². The molecule has 0 spiro atoms. The molecular weight excluding hydrogens is 246 g/mol. The molecule has 1 aromatic carbocycles. The zero-order valence-corrected chi connectivity index (χ0v) is 11.5. The molecule has 19 heavy (non-hydrogen) atoms. The van der Waals surface area contributed by atoms with Gasteiger partial charge in [-0.15, -0.1) is 0 Å². The molecule has 5 nitrogen and oxygen atoms in total. The highest BCUT2D eigenvalue weighted by molar-refractivity contribution is 5.81. The van der Waals surface area contributed by atoms with Crippen LogP contribution in [0, 0.1) is 13.8 Å². The fourth-order valence-electron chi connectivity index (χ4n) is 1.45. The van der Waals surface area contributed by atoms with Crippen LogP contribution in [0.5, 0.6) is 5.75 Å². The van der Waals surface area contributed by atoms with Crippen molar-refractivity contribution in [2.45, 2.75) is 20.3 Å². The molecule has 1 aromatic rings. The van der Waals surface area contributed by atoms with Crippen LogP contribution in [0.1, 0.15) is 17.5 Å². The fraction of sp³-hybridized carbons (Fsp3) is 0.429. The van der Waals surface area contributed by atoms with Crippen molar-refractivity contribution in [1.82, 2.24) is 5.32 Å². The summed E-state index contributed by atoms with van der Waals surface area (Å²) in [5.41, 5.74) is 2.14. The lowest BCUT2D eigenvalue weighted by Gasteiger charge is -2.10. The molecule has 0 atom stereocenters. The van der Waals surface area contributed by atoms with E-state index >= 15 is 0 Å². The normalized spacial score (nSPS) is 9.84. The van der Waals surface area contributed by atoms with Gasteiger partial charge in [0.05, 0.1) is 20.1 Å². The van der Waals surface area contributed by atoms with E-state index < -0.39 is 5.97 Å². The number of aryl methyl sites for hydroxylation is 2. The second-order valence-electron chi connectivity index (χ2n) is 4.22. The van der Waals surface area contributed by atoms with E-state index in [1.807, 2.05) is 32.0 Å². The molecule has 5 heteroatoms. The minimum atomic E-state index is -0.469. The second-order valence-corrected chi connectivity index (χ2v) is 4.22. The molecule has 104 valence electrons. The molecule has 0 heterocycles. The van der Waals surface area contributed by atoms with Crippen molar-refractivity contribution < 1.29 is 19.1 Å². The number of ether oxygens (including phenoxy) is 2. The predicted octanol–water partition coefficient (Wildman–Crippen LogP) is 1.36. The third-order valence-electron chi connectivity index (χ3n) is 2.59. The van der Waals surface area contributed by atoms with Gasteiger partial charge in [-0.1, -0.05) is 12.1 Å². The molecule has 0 unspecified atom stereocenters. The molecule has 0 bridgehead atoms. The van der Waals surface area contributed by atoms with Gasteiger partial charge in [-0.3, -0.25) is 9.59 Å². The number of methoxy groups -OCH3 is 1. The van der Waals surface area contributed by atoms with Gasteiger partial charge < -0.3 is 14.8 Å². The van der Waals surface area contributed by atoms with Gasteiger partial charge >= 0.3 is 5.97 Å². The Bertz CT molecular complexity index is 457. The summed E-state index contributed by atoms with van der Waals surface area (Å²) in [6.45, 7) is 4.09. The minimum absolute atomic E-state index is 0.112. The van der Waals surface area contributed by atoms with Crippen LogP contribution >= 0.6 is 0 Å². The number of esters is 1. The van der Waals surface area contributed by atoms with Crippen LogP contribution in [0.3, 0.4) is 0 Å². The summed E-state index contributed by atoms with van der Waals surface area (Å²) in [5, 5.41) is 2.45. The quantitative estimate of drug-likeness (QED) is 0.789. The number of benzene rings is 1. The summed E-state index contributed by atoms with van der Waals surface area (Å²) in [4.78, 5) is 22.2. The molecule has 0 aliphatic carbocycles. The lowest BCUT2D eigenvalue weighted by atomic mass is 10.1. The van der Waals surface area contributed by atoms with Crippen molar-refractivity contribution in [3.05, 3.63) is 29.3 Å². The molecule has 0 fully saturated rings. The Morgan fingerprint density at radius 1 is 1.26 bits per heavy atom. The Kier molecular flexibility index (Phi) is 5.85. The zero-order chi connectivity index (χ0) is 14.3. The summed E-state index contributed by atoms with van der Waals surface area (Å²) < 4.78 is 9.96. The van der Waals surface area contributed by atoms with E-state index in [0.29, 0.717) is 0 Å². The third kappa shape index (κ3) is 5.42. The molecule has 1 amide bonds. The molecule has 0 saturated heterocycles. The maximum Gasteiger partial charge on any atom is 0.325 e. The van der Waals surface area contributed by atoms with Crippen molar-refractivity contribution in [2.24, 2.45) is 0 Å². The van der Waals surface area contributed by atoms with Gasteiger partial charge in [0, 0.05) is 0 Å². The third-order valence-corrected chi connectivity index (χ3v) is 2.59. The summed E-state index contributed by atoms with van der Waals surface area (Å²) in [6, 6.07) is 5.91. The van der Waals surface area contributed by atoms with Gasteiger partial charge in [0.2, 0.25) is 5.91 Å². The van der Waals surface area contributed by atoms with Gasteiger partial charge in [-0.05, 0) is 31.0 Å². The number of amides is 1. The molecule has 1 rings (SSSR count). The smallest absolute Gasteiger partial charge is 0.325 e. The SMILES string of the molecule is COC(=O)CNC(=O)CCOc1cc(C)ccc1C. The summed E-state index contributed by atoms with van der Waals surface area (Å²) in [6.07, 6.45) is 0.199. The minimum Gasteiger partial charge on any atom is -0.493 e. The van der Waals surface area contributed by atoms with Crippen molar-refractivity contribution in [2.75, 3.05) is 20.3 Å². The zero-order valence-electron chi connectivity index (χ0n) is 11.5. The van der Waals surface area contributed by atoms with Crippen molar-refractivity contribution in [3.8, 4) is 5.75 Å². The Balaban J connectivity index is 2.32. The molecule has 0 aromatic heterocycles. The van der Waals surface area contributed by atoms with E-state index in [1.165, 1.54) is 7.11 Å². The Labute approximate surface area is 112 Å². The van der Waals surface area contributed by atoms with Crippen LogP contribution in [0.2, 0.25) is 0 Å². The first-order valence-electron chi connectivity index (χ1n) is 6.06. The highest BCUT2D eigenvalue weighted by Gasteiger charge is 2.06. The standard InChI is InChI=1S/C14H19NO4/c1-10-4-5-11(2)12(8-10)19-7-6-13(16)15-9-14(17)18-3/h4-5,8H,6-7,9H2,1-3H3,(H,15,16). The number of hydrogen-bond acceptors (Lipinski definition) is 4.